The Kier molecular flexibility index (Phi) is 2.56. The van der Waals surface area contributed by atoms with Crippen LogP contribution in [0, 0.1) is 5.92 Å². The van der Waals surface area contributed by atoms with E-state index >= 15 is 0 Å². The van der Waals surface area contributed by atoms with Gasteiger partial charge in [0.1, 0.15) is 0 Å². The Morgan fingerprint density at radius 2 is 1.94 bits per heavy atom. The molecule has 1 aliphatic rings. The summed E-state index contributed by atoms with van der Waals surface area (Å²) in [7, 11) is 0. The van der Waals surface area contributed by atoms with Gasteiger partial charge in [0.2, 0.25) is 5.91 Å². The Bertz CT molecular complexity index is 562. The summed E-state index contributed by atoms with van der Waals surface area (Å²) in [5.74, 6) is 0.652. The lowest BCUT2D eigenvalue weighted by atomic mass is 9.96. The van der Waals surface area contributed by atoms with Crippen LogP contribution in [0.25, 0.3) is 10.8 Å². The smallest absolute Gasteiger partial charge is 0.220 e. The van der Waals surface area contributed by atoms with Crippen LogP contribution in [0.4, 0.5) is 0 Å². The van der Waals surface area contributed by atoms with E-state index in [-0.39, 0.29) is 5.91 Å². The molecule has 1 N–H and O–H groups in total. The first-order chi connectivity index (χ1) is 8.31. The molecule has 0 bridgehead atoms. The van der Waals surface area contributed by atoms with Crippen LogP contribution in [0.15, 0.2) is 42.5 Å². The fourth-order valence-corrected chi connectivity index (χ4v) is 2.51. The third-order valence-corrected chi connectivity index (χ3v) is 3.40. The molecule has 1 amide bonds. The number of rotatable bonds is 2. The van der Waals surface area contributed by atoms with E-state index in [0.717, 1.165) is 13.0 Å². The molecule has 1 heterocycles. The molecule has 1 fully saturated rings. The predicted octanol–water partition coefficient (Wildman–Crippen LogP) is 2.52. The van der Waals surface area contributed by atoms with E-state index in [0.29, 0.717) is 12.3 Å². The van der Waals surface area contributed by atoms with Gasteiger partial charge in [0.25, 0.3) is 0 Å². The van der Waals surface area contributed by atoms with Crippen LogP contribution in [0.2, 0.25) is 0 Å². The lowest BCUT2D eigenvalue weighted by Crippen LogP contribution is -2.14. The number of fused-ring (bicyclic) bond motifs is 1. The minimum atomic E-state index is 0.191. The zero-order chi connectivity index (χ0) is 11.7. The van der Waals surface area contributed by atoms with E-state index in [1.54, 1.807) is 0 Å². The largest absolute Gasteiger partial charge is 0.356 e. The molecule has 1 saturated heterocycles. The van der Waals surface area contributed by atoms with E-state index in [4.69, 9.17) is 0 Å². The summed E-state index contributed by atoms with van der Waals surface area (Å²) in [6.07, 6.45) is 1.66. The quantitative estimate of drug-likeness (QED) is 0.836. The van der Waals surface area contributed by atoms with Crippen LogP contribution in [0.5, 0.6) is 0 Å². The number of carbonyl (C=O) groups excluding carboxylic acids is 1. The average Bonchev–Trinajstić information content (AvgIpc) is 2.75. The molecule has 3 rings (SSSR count). The maximum Gasteiger partial charge on any atom is 0.220 e. The second-order valence-corrected chi connectivity index (χ2v) is 4.76. The van der Waals surface area contributed by atoms with Crippen molar-refractivity contribution in [2.75, 3.05) is 6.54 Å². The van der Waals surface area contributed by atoms with E-state index < -0.39 is 0 Å². The van der Waals surface area contributed by atoms with Crippen molar-refractivity contribution in [2.24, 2.45) is 5.92 Å². The van der Waals surface area contributed by atoms with Crippen molar-refractivity contribution < 1.29 is 4.79 Å². The molecule has 86 valence electrons. The summed E-state index contributed by atoms with van der Waals surface area (Å²) in [5.41, 5.74) is 1.32. The lowest BCUT2D eigenvalue weighted by Gasteiger charge is -2.08. The number of hydrogen-bond acceptors (Lipinski definition) is 1. The standard InChI is InChI=1S/C15H15NO/c17-15-9-12(10-16-15)7-11-5-6-13-3-1-2-4-14(13)8-11/h1-6,8,12H,7,9-10H2,(H,16,17). The molecule has 0 spiro atoms. The average molecular weight is 225 g/mol. The highest BCUT2D eigenvalue weighted by molar-refractivity contribution is 5.83. The fraction of sp³-hybridized carbons (Fsp3) is 0.267. The van der Waals surface area contributed by atoms with Gasteiger partial charge in [-0.3, -0.25) is 4.79 Å². The third kappa shape index (κ3) is 2.16. The van der Waals surface area contributed by atoms with Crippen molar-refractivity contribution in [1.29, 1.82) is 0 Å². The van der Waals surface area contributed by atoms with Crippen molar-refractivity contribution in [1.82, 2.24) is 5.32 Å². The highest BCUT2D eigenvalue weighted by atomic mass is 16.1. The molecule has 0 aromatic heterocycles. The molecule has 1 aliphatic heterocycles. The molecular weight excluding hydrogens is 210 g/mol. The van der Waals surface area contributed by atoms with Gasteiger partial charge < -0.3 is 5.32 Å². The second kappa shape index (κ2) is 4.21. The van der Waals surface area contributed by atoms with Crippen molar-refractivity contribution in [2.45, 2.75) is 12.8 Å². The van der Waals surface area contributed by atoms with Gasteiger partial charge in [0.05, 0.1) is 0 Å². The van der Waals surface area contributed by atoms with Crippen LogP contribution in [0.3, 0.4) is 0 Å². The van der Waals surface area contributed by atoms with Crippen molar-refractivity contribution in [3.63, 3.8) is 0 Å². The minimum Gasteiger partial charge on any atom is -0.356 e. The Labute approximate surface area is 101 Å². The fourth-order valence-electron chi connectivity index (χ4n) is 2.51. The molecule has 2 aromatic rings. The topological polar surface area (TPSA) is 29.1 Å². The number of carbonyl (C=O) groups is 1. The van der Waals surface area contributed by atoms with E-state index in [9.17, 15) is 4.79 Å². The lowest BCUT2D eigenvalue weighted by molar-refractivity contribution is -0.119. The summed E-state index contributed by atoms with van der Waals surface area (Å²) in [4.78, 5) is 11.1. The Morgan fingerprint density at radius 1 is 1.12 bits per heavy atom. The zero-order valence-corrected chi connectivity index (χ0v) is 9.65. The van der Waals surface area contributed by atoms with E-state index in [1.165, 1.54) is 16.3 Å². The number of benzene rings is 2. The third-order valence-electron chi connectivity index (χ3n) is 3.40. The Hall–Kier alpha value is -1.83. The minimum absolute atomic E-state index is 0.191. The van der Waals surface area contributed by atoms with Gasteiger partial charge in [-0.2, -0.15) is 0 Å². The van der Waals surface area contributed by atoms with Crippen molar-refractivity contribution in [3.05, 3.63) is 48.0 Å². The van der Waals surface area contributed by atoms with Gasteiger partial charge in [-0.1, -0.05) is 42.5 Å². The number of nitrogens with one attached hydrogen (secondary N) is 1. The second-order valence-electron chi connectivity index (χ2n) is 4.76. The first-order valence-electron chi connectivity index (χ1n) is 6.05. The molecule has 0 aliphatic carbocycles. The summed E-state index contributed by atoms with van der Waals surface area (Å²) < 4.78 is 0. The molecular formula is C15H15NO. The van der Waals surface area contributed by atoms with Gasteiger partial charge in [-0.05, 0) is 28.7 Å². The van der Waals surface area contributed by atoms with E-state index in [1.807, 2.05) is 0 Å². The van der Waals surface area contributed by atoms with Gasteiger partial charge >= 0.3 is 0 Å². The van der Waals surface area contributed by atoms with Crippen LogP contribution in [-0.4, -0.2) is 12.5 Å². The maximum absolute atomic E-state index is 11.1. The molecule has 1 atom stereocenters. The molecule has 2 aromatic carbocycles. The molecule has 2 nitrogen and oxygen atoms in total. The van der Waals surface area contributed by atoms with Crippen LogP contribution in [-0.2, 0) is 11.2 Å². The zero-order valence-electron chi connectivity index (χ0n) is 9.65. The normalized spacial score (nSPS) is 19.5. The molecule has 0 saturated carbocycles. The molecule has 1 unspecified atom stereocenters. The van der Waals surface area contributed by atoms with Crippen LogP contribution >= 0.6 is 0 Å². The molecule has 17 heavy (non-hydrogen) atoms. The van der Waals surface area contributed by atoms with Crippen LogP contribution < -0.4 is 5.32 Å². The molecule has 2 heteroatoms. The first kappa shape index (κ1) is 10.3. The van der Waals surface area contributed by atoms with Crippen molar-refractivity contribution >= 4 is 16.7 Å². The summed E-state index contributed by atoms with van der Waals surface area (Å²) >= 11 is 0. The van der Waals surface area contributed by atoms with Crippen LogP contribution in [0.1, 0.15) is 12.0 Å². The maximum atomic E-state index is 11.1. The van der Waals surface area contributed by atoms with Gasteiger partial charge in [0, 0.05) is 13.0 Å². The van der Waals surface area contributed by atoms with Gasteiger partial charge in [-0.15, -0.1) is 0 Å². The van der Waals surface area contributed by atoms with E-state index in [2.05, 4.69) is 47.8 Å². The highest BCUT2D eigenvalue weighted by Crippen LogP contribution is 2.20. The first-order valence-corrected chi connectivity index (χ1v) is 6.05. The number of amides is 1. The highest BCUT2D eigenvalue weighted by Gasteiger charge is 2.21. The molecule has 0 radical (unpaired) electrons. The Morgan fingerprint density at radius 3 is 2.71 bits per heavy atom. The Balaban J connectivity index is 1.83. The predicted molar refractivity (Wildman–Crippen MR) is 68.8 cm³/mol. The summed E-state index contributed by atoms with van der Waals surface area (Å²) in [6.45, 7) is 0.825. The SMILES string of the molecule is O=C1CC(Cc2ccc3ccccc3c2)CN1. The van der Waals surface area contributed by atoms with Gasteiger partial charge in [-0.25, -0.2) is 0 Å². The number of hydrogen-bond donors (Lipinski definition) is 1. The summed E-state index contributed by atoms with van der Waals surface area (Å²) in [6, 6.07) is 14.9. The monoisotopic (exact) mass is 225 g/mol. The van der Waals surface area contributed by atoms with Crippen molar-refractivity contribution in [3.8, 4) is 0 Å². The van der Waals surface area contributed by atoms with Gasteiger partial charge in [0.15, 0.2) is 0 Å². The summed E-state index contributed by atoms with van der Waals surface area (Å²) in [5, 5.41) is 5.44.